The second-order valence-electron chi connectivity index (χ2n) is 3.82. The molecule has 0 fully saturated rings. The maximum atomic E-state index is 12.7. The summed E-state index contributed by atoms with van der Waals surface area (Å²) in [5.74, 6) is 0. The Hall–Kier alpha value is -1.63. The normalized spacial score (nSPS) is 19.8. The lowest BCUT2D eigenvalue weighted by molar-refractivity contribution is -0.385. The molecule has 0 amide bonds. The fourth-order valence-electron chi connectivity index (χ4n) is 1.95. The summed E-state index contributed by atoms with van der Waals surface area (Å²) < 4.78 is 38.2. The lowest BCUT2D eigenvalue weighted by Gasteiger charge is -2.28. The number of halogens is 3. The Balaban J connectivity index is 2.48. The van der Waals surface area contributed by atoms with E-state index in [1.165, 1.54) is 12.1 Å². The summed E-state index contributed by atoms with van der Waals surface area (Å²) in [4.78, 5) is 9.85. The van der Waals surface area contributed by atoms with Crippen molar-refractivity contribution in [3.05, 3.63) is 39.4 Å². The number of nitro groups is 1. The number of nitro benzene ring substituents is 1. The average Bonchev–Trinajstić information content (AvgIpc) is 2.26. The van der Waals surface area contributed by atoms with Crippen molar-refractivity contribution in [2.45, 2.75) is 18.6 Å². The highest BCUT2D eigenvalue weighted by Crippen LogP contribution is 2.37. The topological polar surface area (TPSA) is 55.2 Å². The predicted molar refractivity (Wildman–Crippen MR) is 53.6 cm³/mol. The van der Waals surface area contributed by atoms with Crippen LogP contribution in [0.1, 0.15) is 17.2 Å². The van der Waals surface area contributed by atoms with Gasteiger partial charge in [-0.3, -0.25) is 10.1 Å². The Bertz CT molecular complexity index is 459. The van der Waals surface area contributed by atoms with E-state index in [-0.39, 0.29) is 17.8 Å². The van der Waals surface area contributed by atoms with Gasteiger partial charge in [-0.2, -0.15) is 13.2 Å². The minimum atomic E-state index is -4.44. The molecule has 0 aliphatic carbocycles. The van der Waals surface area contributed by atoms with Gasteiger partial charge in [0, 0.05) is 18.7 Å². The lowest BCUT2D eigenvalue weighted by atomic mass is 9.93. The smallest absolute Gasteiger partial charge is 0.302 e. The Labute approximate surface area is 94.6 Å². The summed E-state index contributed by atoms with van der Waals surface area (Å²) in [6.07, 6.45) is -4.00. The minimum Gasteiger partial charge on any atom is -0.302 e. The van der Waals surface area contributed by atoms with E-state index < -0.39 is 17.1 Å². The first-order valence-corrected chi connectivity index (χ1v) is 4.97. The summed E-state index contributed by atoms with van der Waals surface area (Å²) in [6.45, 7) is 0.217. The van der Waals surface area contributed by atoms with E-state index in [1.54, 1.807) is 0 Å². The van der Waals surface area contributed by atoms with Crippen molar-refractivity contribution in [3.8, 4) is 0 Å². The van der Waals surface area contributed by atoms with Crippen LogP contribution in [-0.4, -0.2) is 17.6 Å². The van der Waals surface area contributed by atoms with Gasteiger partial charge < -0.3 is 5.32 Å². The highest BCUT2D eigenvalue weighted by atomic mass is 19.4. The van der Waals surface area contributed by atoms with Crippen molar-refractivity contribution < 1.29 is 18.1 Å². The molecule has 1 aromatic carbocycles. The van der Waals surface area contributed by atoms with Gasteiger partial charge in [0.1, 0.15) is 6.04 Å². The molecule has 0 radical (unpaired) electrons. The molecule has 2 rings (SSSR count). The van der Waals surface area contributed by atoms with Crippen LogP contribution in [0.2, 0.25) is 0 Å². The van der Waals surface area contributed by atoms with Crippen LogP contribution in [0.25, 0.3) is 0 Å². The zero-order valence-corrected chi connectivity index (χ0v) is 8.62. The Morgan fingerprint density at radius 1 is 1.41 bits per heavy atom. The van der Waals surface area contributed by atoms with Crippen LogP contribution >= 0.6 is 0 Å². The van der Waals surface area contributed by atoms with Crippen molar-refractivity contribution in [2.24, 2.45) is 0 Å². The van der Waals surface area contributed by atoms with Gasteiger partial charge >= 0.3 is 6.18 Å². The summed E-state index contributed by atoms with van der Waals surface area (Å²) in [7, 11) is 0. The van der Waals surface area contributed by atoms with Gasteiger partial charge in [-0.25, -0.2) is 0 Å². The molecule has 1 N–H and O–H groups in total. The van der Waals surface area contributed by atoms with Gasteiger partial charge in [-0.15, -0.1) is 0 Å². The highest BCUT2D eigenvalue weighted by molar-refractivity contribution is 5.43. The third kappa shape index (κ3) is 2.23. The molecule has 1 heterocycles. The molecular formula is C10H9F3N2O2. The molecule has 17 heavy (non-hydrogen) atoms. The second-order valence-corrected chi connectivity index (χ2v) is 3.82. The number of nitrogens with one attached hydrogen (secondary N) is 1. The van der Waals surface area contributed by atoms with Crippen LogP contribution < -0.4 is 5.32 Å². The van der Waals surface area contributed by atoms with Crippen LogP contribution in [0.3, 0.4) is 0 Å². The molecule has 92 valence electrons. The maximum Gasteiger partial charge on any atom is 0.407 e. The molecule has 0 spiro atoms. The number of fused-ring (bicyclic) bond motifs is 1. The van der Waals surface area contributed by atoms with Crippen LogP contribution in [-0.2, 0) is 6.42 Å². The lowest BCUT2D eigenvalue weighted by Crippen LogP contribution is -2.39. The highest BCUT2D eigenvalue weighted by Gasteiger charge is 2.43. The molecule has 0 aromatic heterocycles. The molecule has 1 unspecified atom stereocenters. The number of hydrogen-bond acceptors (Lipinski definition) is 3. The molecule has 7 heteroatoms. The summed E-state index contributed by atoms with van der Waals surface area (Å²) >= 11 is 0. The molecule has 1 aliphatic heterocycles. The SMILES string of the molecule is O=[N+]([O-])c1ccc2c(c1)C(C(F)(F)F)NCC2. The first-order chi connectivity index (χ1) is 7.89. The first-order valence-electron chi connectivity index (χ1n) is 4.97. The summed E-state index contributed by atoms with van der Waals surface area (Å²) in [5, 5.41) is 12.9. The number of alkyl halides is 3. The zero-order valence-electron chi connectivity index (χ0n) is 8.62. The predicted octanol–water partition coefficient (Wildman–Crippen LogP) is 2.34. The van der Waals surface area contributed by atoms with Crippen LogP contribution in [0, 0.1) is 10.1 Å². The molecule has 0 saturated carbocycles. The van der Waals surface area contributed by atoms with Gasteiger partial charge in [0.15, 0.2) is 0 Å². The molecular weight excluding hydrogens is 237 g/mol. The number of rotatable bonds is 1. The van der Waals surface area contributed by atoms with Crippen LogP contribution in [0.4, 0.5) is 18.9 Å². The molecule has 4 nitrogen and oxygen atoms in total. The second kappa shape index (κ2) is 3.99. The first kappa shape index (κ1) is 11.8. The molecule has 1 atom stereocenters. The van der Waals surface area contributed by atoms with E-state index >= 15 is 0 Å². The molecule has 0 bridgehead atoms. The minimum absolute atomic E-state index is 0.0436. The Morgan fingerprint density at radius 2 is 2.12 bits per heavy atom. The van der Waals surface area contributed by atoms with Gasteiger partial charge in [0.2, 0.25) is 0 Å². The van der Waals surface area contributed by atoms with Gasteiger partial charge in [-0.1, -0.05) is 6.07 Å². The average molecular weight is 246 g/mol. The van der Waals surface area contributed by atoms with Crippen molar-refractivity contribution >= 4 is 5.69 Å². The Morgan fingerprint density at radius 3 is 2.71 bits per heavy atom. The summed E-state index contributed by atoms with van der Waals surface area (Å²) in [6, 6.07) is 1.82. The van der Waals surface area contributed by atoms with Gasteiger partial charge in [-0.05, 0) is 17.5 Å². The largest absolute Gasteiger partial charge is 0.407 e. The fraction of sp³-hybridized carbons (Fsp3) is 0.400. The third-order valence-electron chi connectivity index (χ3n) is 2.72. The number of hydrogen-bond donors (Lipinski definition) is 1. The molecule has 0 saturated heterocycles. The van der Waals surface area contributed by atoms with Crippen molar-refractivity contribution in [2.75, 3.05) is 6.54 Å². The number of benzene rings is 1. The van der Waals surface area contributed by atoms with Crippen molar-refractivity contribution in [1.29, 1.82) is 0 Å². The van der Waals surface area contributed by atoms with E-state index in [0.29, 0.717) is 12.0 Å². The standard InChI is InChI=1S/C10H9F3N2O2/c11-10(12,13)9-8-5-7(15(16)17)2-1-6(8)3-4-14-9/h1-2,5,9,14H,3-4H2. The zero-order chi connectivity index (χ0) is 12.6. The van der Waals surface area contributed by atoms with E-state index in [1.807, 2.05) is 0 Å². The maximum absolute atomic E-state index is 12.7. The van der Waals surface area contributed by atoms with Gasteiger partial charge in [0.05, 0.1) is 4.92 Å². The van der Waals surface area contributed by atoms with Crippen molar-refractivity contribution in [1.82, 2.24) is 5.32 Å². The van der Waals surface area contributed by atoms with E-state index in [2.05, 4.69) is 5.32 Å². The number of non-ortho nitro benzene ring substituents is 1. The van der Waals surface area contributed by atoms with E-state index in [0.717, 1.165) is 6.07 Å². The molecule has 1 aliphatic rings. The molecule has 1 aromatic rings. The van der Waals surface area contributed by atoms with Gasteiger partial charge in [0.25, 0.3) is 5.69 Å². The van der Waals surface area contributed by atoms with E-state index in [9.17, 15) is 23.3 Å². The summed E-state index contributed by atoms with van der Waals surface area (Å²) in [5.41, 5.74) is 0.149. The van der Waals surface area contributed by atoms with E-state index in [4.69, 9.17) is 0 Å². The Kier molecular flexibility index (Phi) is 2.78. The number of nitrogens with zero attached hydrogens (tertiary/aromatic N) is 1. The quantitative estimate of drug-likeness (QED) is 0.611. The third-order valence-corrected chi connectivity index (χ3v) is 2.72. The fourth-order valence-corrected chi connectivity index (χ4v) is 1.95. The monoisotopic (exact) mass is 246 g/mol. The van der Waals surface area contributed by atoms with Crippen molar-refractivity contribution in [3.63, 3.8) is 0 Å². The van der Waals surface area contributed by atoms with Crippen LogP contribution in [0.15, 0.2) is 18.2 Å². The van der Waals surface area contributed by atoms with Crippen LogP contribution in [0.5, 0.6) is 0 Å².